The van der Waals surface area contributed by atoms with E-state index in [-0.39, 0.29) is 0 Å². The van der Waals surface area contributed by atoms with Crippen molar-refractivity contribution in [2.24, 2.45) is 5.92 Å². The van der Waals surface area contributed by atoms with Crippen LogP contribution in [0.15, 0.2) is 85.2 Å². The van der Waals surface area contributed by atoms with Gasteiger partial charge in [0.1, 0.15) is 0 Å². The summed E-state index contributed by atoms with van der Waals surface area (Å²) in [6, 6.07) is 22.0. The van der Waals surface area contributed by atoms with E-state index in [1.54, 1.807) is 0 Å². The van der Waals surface area contributed by atoms with Crippen LogP contribution in [0.3, 0.4) is 0 Å². The predicted octanol–water partition coefficient (Wildman–Crippen LogP) is 5.58. The van der Waals surface area contributed by atoms with Gasteiger partial charge in [-0.1, -0.05) is 54.6 Å². The summed E-state index contributed by atoms with van der Waals surface area (Å²) in [4.78, 5) is 4.32. The molecule has 2 nitrogen and oxygen atoms in total. The van der Waals surface area contributed by atoms with E-state index in [4.69, 9.17) is 0 Å². The number of nitrogens with zero attached hydrogens (tertiary/aromatic N) is 1. The van der Waals surface area contributed by atoms with Crippen molar-refractivity contribution in [1.82, 2.24) is 4.98 Å². The van der Waals surface area contributed by atoms with Crippen LogP contribution in [0.1, 0.15) is 29.5 Å². The topological polar surface area (TPSA) is 24.9 Å². The van der Waals surface area contributed by atoms with E-state index < -0.39 is 0 Å². The Kier molecular flexibility index (Phi) is 3.41. The van der Waals surface area contributed by atoms with E-state index in [1.807, 2.05) is 18.5 Å². The molecule has 0 saturated heterocycles. The number of aromatic nitrogens is 1. The highest BCUT2D eigenvalue weighted by Gasteiger charge is 2.37. The fourth-order valence-electron chi connectivity index (χ4n) is 4.29. The van der Waals surface area contributed by atoms with Crippen molar-refractivity contribution >= 4 is 5.69 Å². The Morgan fingerprint density at radius 2 is 1.84 bits per heavy atom. The maximum Gasteiger partial charge on any atom is 0.0569 e. The lowest BCUT2D eigenvalue weighted by Gasteiger charge is -2.37. The van der Waals surface area contributed by atoms with Crippen molar-refractivity contribution in [1.29, 1.82) is 0 Å². The van der Waals surface area contributed by atoms with Crippen LogP contribution in [0.4, 0.5) is 5.69 Å². The molecule has 1 N–H and O–H groups in total. The Labute approximate surface area is 148 Å². The maximum absolute atomic E-state index is 4.32. The second-order valence-corrected chi connectivity index (χ2v) is 6.93. The largest absolute Gasteiger partial charge is 0.378 e. The van der Waals surface area contributed by atoms with Gasteiger partial charge in [-0.15, -0.1) is 0 Å². The first-order chi connectivity index (χ1) is 12.4. The summed E-state index contributed by atoms with van der Waals surface area (Å²) < 4.78 is 0. The Bertz CT molecular complexity index is 915. The first-order valence-corrected chi connectivity index (χ1v) is 8.92. The standard InChI is InChI=1S/C23H20N2/c1-2-6-16(7-3-1)17-11-12-22-21(14-17)19-9-4-10-20(19)23(25-22)18-8-5-13-24-15-18/h1-9,11-15,19-20,23,25H,10H2/t19-,20+,23-/m1/s1. The molecule has 0 bridgehead atoms. The molecule has 122 valence electrons. The van der Waals surface area contributed by atoms with Crippen LogP contribution in [0, 0.1) is 5.92 Å². The van der Waals surface area contributed by atoms with Gasteiger partial charge in [0.25, 0.3) is 0 Å². The third kappa shape index (κ3) is 2.45. The summed E-state index contributed by atoms with van der Waals surface area (Å²) in [6.07, 6.45) is 9.69. The number of hydrogen-bond donors (Lipinski definition) is 1. The summed E-state index contributed by atoms with van der Waals surface area (Å²) in [5, 5.41) is 3.78. The maximum atomic E-state index is 4.32. The molecule has 1 aromatic heterocycles. The van der Waals surface area contributed by atoms with Gasteiger partial charge in [0, 0.05) is 24.0 Å². The predicted molar refractivity (Wildman–Crippen MR) is 102 cm³/mol. The number of allylic oxidation sites excluding steroid dienone is 2. The quantitative estimate of drug-likeness (QED) is 0.623. The normalized spacial score (nSPS) is 23.6. The summed E-state index contributed by atoms with van der Waals surface area (Å²) in [5.74, 6) is 1.04. The van der Waals surface area contributed by atoms with Gasteiger partial charge in [-0.25, -0.2) is 0 Å². The van der Waals surface area contributed by atoms with E-state index >= 15 is 0 Å². The zero-order valence-electron chi connectivity index (χ0n) is 14.0. The molecular formula is C23H20N2. The molecule has 2 heteroatoms. The summed E-state index contributed by atoms with van der Waals surface area (Å²) in [5.41, 5.74) is 6.51. The van der Waals surface area contributed by atoms with Gasteiger partial charge in [0.05, 0.1) is 6.04 Å². The molecule has 1 aliphatic carbocycles. The number of rotatable bonds is 2. The van der Waals surface area contributed by atoms with Gasteiger partial charge in [0.15, 0.2) is 0 Å². The minimum absolute atomic E-state index is 0.323. The highest BCUT2D eigenvalue weighted by molar-refractivity contribution is 5.71. The molecule has 25 heavy (non-hydrogen) atoms. The highest BCUT2D eigenvalue weighted by atomic mass is 15.0. The number of benzene rings is 2. The first-order valence-electron chi connectivity index (χ1n) is 8.92. The van der Waals surface area contributed by atoms with Gasteiger partial charge in [-0.05, 0) is 52.8 Å². The molecule has 0 saturated carbocycles. The monoisotopic (exact) mass is 324 g/mol. The molecular weight excluding hydrogens is 304 g/mol. The van der Waals surface area contributed by atoms with E-state index in [1.165, 1.54) is 27.9 Å². The van der Waals surface area contributed by atoms with E-state index in [2.05, 4.69) is 77.1 Å². The summed E-state index contributed by atoms with van der Waals surface area (Å²) in [6.45, 7) is 0. The fraction of sp³-hybridized carbons (Fsp3) is 0.174. The minimum Gasteiger partial charge on any atom is -0.378 e. The van der Waals surface area contributed by atoms with Crippen molar-refractivity contribution in [2.75, 3.05) is 5.32 Å². The lowest BCUT2D eigenvalue weighted by atomic mass is 9.76. The van der Waals surface area contributed by atoms with Gasteiger partial charge >= 0.3 is 0 Å². The van der Waals surface area contributed by atoms with Gasteiger partial charge in [-0.3, -0.25) is 4.98 Å². The van der Waals surface area contributed by atoms with Crippen LogP contribution in [0.25, 0.3) is 11.1 Å². The van der Waals surface area contributed by atoms with Crippen LogP contribution in [0.2, 0.25) is 0 Å². The molecule has 0 fully saturated rings. The summed E-state index contributed by atoms with van der Waals surface area (Å²) >= 11 is 0. The van der Waals surface area contributed by atoms with Crippen molar-refractivity contribution in [3.63, 3.8) is 0 Å². The molecule has 1 aliphatic heterocycles. The third-order valence-electron chi connectivity index (χ3n) is 5.51. The Morgan fingerprint density at radius 1 is 0.920 bits per heavy atom. The number of nitrogens with one attached hydrogen (secondary N) is 1. The zero-order valence-corrected chi connectivity index (χ0v) is 14.0. The molecule has 3 aromatic rings. The lowest BCUT2D eigenvalue weighted by molar-refractivity contribution is 0.425. The first kappa shape index (κ1) is 14.5. The summed E-state index contributed by atoms with van der Waals surface area (Å²) in [7, 11) is 0. The fourth-order valence-corrected chi connectivity index (χ4v) is 4.29. The zero-order chi connectivity index (χ0) is 16.6. The third-order valence-corrected chi connectivity index (χ3v) is 5.51. The van der Waals surface area contributed by atoms with Crippen molar-refractivity contribution in [3.05, 3.63) is 96.3 Å². The average Bonchev–Trinajstić information content (AvgIpc) is 3.18. The molecule has 3 atom stereocenters. The molecule has 5 rings (SSSR count). The number of fused-ring (bicyclic) bond motifs is 3. The lowest BCUT2D eigenvalue weighted by Crippen LogP contribution is -2.29. The van der Waals surface area contributed by atoms with E-state index in [0.29, 0.717) is 17.9 Å². The number of hydrogen-bond acceptors (Lipinski definition) is 2. The Balaban J connectivity index is 1.58. The molecule has 2 aliphatic rings. The molecule has 2 heterocycles. The van der Waals surface area contributed by atoms with Crippen molar-refractivity contribution < 1.29 is 0 Å². The van der Waals surface area contributed by atoms with Gasteiger partial charge < -0.3 is 5.32 Å². The van der Waals surface area contributed by atoms with E-state index in [9.17, 15) is 0 Å². The van der Waals surface area contributed by atoms with Crippen LogP contribution in [-0.2, 0) is 0 Å². The number of pyridine rings is 1. The minimum atomic E-state index is 0.323. The average molecular weight is 324 g/mol. The van der Waals surface area contributed by atoms with Gasteiger partial charge in [0.2, 0.25) is 0 Å². The molecule has 0 radical (unpaired) electrons. The van der Waals surface area contributed by atoms with Crippen LogP contribution < -0.4 is 5.32 Å². The molecule has 0 amide bonds. The van der Waals surface area contributed by atoms with Gasteiger partial charge in [-0.2, -0.15) is 0 Å². The number of anilines is 1. The van der Waals surface area contributed by atoms with Crippen LogP contribution in [-0.4, -0.2) is 4.98 Å². The SMILES string of the molecule is C1=C[C@H]2c3cc(-c4ccccc4)ccc3N[C@H](c3cccnc3)[C@H]2C1. The van der Waals surface area contributed by atoms with Crippen LogP contribution >= 0.6 is 0 Å². The van der Waals surface area contributed by atoms with Crippen molar-refractivity contribution in [3.8, 4) is 11.1 Å². The van der Waals surface area contributed by atoms with Crippen molar-refractivity contribution in [2.45, 2.75) is 18.4 Å². The van der Waals surface area contributed by atoms with E-state index in [0.717, 1.165) is 6.42 Å². The Hall–Kier alpha value is -2.87. The molecule has 2 aromatic carbocycles. The highest BCUT2D eigenvalue weighted by Crippen LogP contribution is 2.50. The second kappa shape index (κ2) is 5.89. The molecule has 0 unspecified atom stereocenters. The second-order valence-electron chi connectivity index (χ2n) is 6.93. The van der Waals surface area contributed by atoms with Crippen LogP contribution in [0.5, 0.6) is 0 Å². The Morgan fingerprint density at radius 3 is 2.68 bits per heavy atom. The molecule has 0 spiro atoms. The smallest absolute Gasteiger partial charge is 0.0569 e.